The first-order valence-corrected chi connectivity index (χ1v) is 43.3. The summed E-state index contributed by atoms with van der Waals surface area (Å²) >= 11 is 0. The highest BCUT2D eigenvalue weighted by Gasteiger charge is 2.71. The average Bonchev–Trinajstić information content (AvgIpc) is 1.61. The molecular weight excluding hydrogens is 1680 g/mol. The molecule has 42 nitrogen and oxygen atoms in total. The van der Waals surface area contributed by atoms with Crippen molar-refractivity contribution in [1.29, 1.82) is 0 Å². The molecule has 0 bridgehead atoms. The fourth-order valence-electron chi connectivity index (χ4n) is 19.8. The molecule has 127 heavy (non-hydrogen) atoms. The minimum Gasteiger partial charge on any atom is -0.465 e. The molecule has 12 fully saturated rings. The molecule has 12 aliphatic rings. The van der Waals surface area contributed by atoms with Gasteiger partial charge in [0.2, 0.25) is 35.4 Å². The third kappa shape index (κ3) is 21.0. The van der Waals surface area contributed by atoms with Crippen LogP contribution in [0.15, 0.2) is 4.99 Å². The van der Waals surface area contributed by atoms with Crippen LogP contribution in [0.2, 0.25) is 0 Å². The van der Waals surface area contributed by atoms with Crippen LogP contribution in [0, 0.1) is 0 Å². The number of nitrogens with zero attached hydrogens (tertiary/aromatic N) is 13. The van der Waals surface area contributed by atoms with Crippen molar-refractivity contribution in [3.8, 4) is 0 Å². The molecule has 10 N–H and O–H groups in total. The van der Waals surface area contributed by atoms with Crippen LogP contribution in [0.4, 0.5) is 19.2 Å². The Labute approximate surface area is 750 Å². The zero-order valence-corrected chi connectivity index (χ0v) is 79.8. The van der Waals surface area contributed by atoms with E-state index >= 15 is 0 Å². The first kappa shape index (κ1) is 106. The lowest BCUT2D eigenvalue weighted by Crippen LogP contribution is -2.79. The van der Waals surface area contributed by atoms with Crippen molar-refractivity contribution < 1.29 is 115 Å². The molecule has 718 valence electrons. The molecule has 0 aromatic heterocycles. The second-order valence-corrected chi connectivity index (χ2v) is 39.3. The summed E-state index contributed by atoms with van der Waals surface area (Å²) in [4.78, 5) is 221. The minimum atomic E-state index is -1.06. The first-order valence-electron chi connectivity index (χ1n) is 43.3. The smallest absolute Gasteiger partial charge is 0.413 e. The standard InChI is InChI=1S/C24H39N5O6.C21H34N4O6.C16H26N2O5.C14H23N3O4.C9H15N3O2.ClH.H3NO/c1-15-18(29(23(6,7)34-15)21(33)35-22(3,4)5)19(31)28-12-10-11-24(28)16(2)27(20(24)32)13-17(30)25-14-26(8)9;1-12-15(25(20(6,7)30-12)18(29)31-19(3,4)5)16(27)24-10-8-9-21(24)13(2)23(17(21)28)11-14(22)26;1-6-22-12(19)10-17-11(2)16(13(17)20)8-7-9-18(16)14(21)23-15(3,4)5;1-9-14(11(19)16(9)8-10(15)18)6-5-7-17(14)12(20)21-13(2,3)4;1-6-9(3-2-4-11-9)8(14)12(6)5-7(10)13;;1-2/h14-16,18H,10-13H2,1-9H3;12-13,15H,8-11H2,1-7H3,(H2,22,26);11H,6-10H2,1-5H3;9H,5-8H2,1-4H3,(H2,15,18);6,11H,2-5H2,1H3,(H2,10,13);1H;2H,1H2/t15-,16?,18?,24?;12-,13?,15?,21?;;;;;/m11...../s1. The lowest BCUT2D eigenvalue weighted by Gasteiger charge is -2.56. The molecule has 43 heteroatoms. The van der Waals surface area contributed by atoms with Gasteiger partial charge in [-0.15, -0.1) is 12.4 Å². The van der Waals surface area contributed by atoms with E-state index in [1.54, 1.807) is 165 Å². The van der Waals surface area contributed by atoms with Gasteiger partial charge in [0.25, 0.3) is 29.5 Å². The number of esters is 1. The van der Waals surface area contributed by atoms with Gasteiger partial charge < -0.3 is 100 Å². The molecule has 12 rings (SSSR count). The summed E-state index contributed by atoms with van der Waals surface area (Å²) in [5.74, 6) is -0.558. The highest BCUT2D eigenvalue weighted by Crippen LogP contribution is 2.51. The normalized spacial score (nSPS) is 30.0. The van der Waals surface area contributed by atoms with Crippen LogP contribution in [0.25, 0.3) is 0 Å². The number of ether oxygens (including phenoxy) is 7. The first-order chi connectivity index (χ1) is 58.0. The number of carbonyl (C=O) groups excluding carboxylic acids is 16. The number of amides is 15. The summed E-state index contributed by atoms with van der Waals surface area (Å²) in [6, 6.07) is -2.94. The number of β-lactam (4-membered cyclic amide) rings is 5. The number of hydrogen-bond acceptors (Lipinski definition) is 26. The van der Waals surface area contributed by atoms with Gasteiger partial charge in [-0.1, -0.05) is 0 Å². The molecule has 12 unspecified atom stereocenters. The molecule has 12 aliphatic heterocycles. The maximum atomic E-state index is 14.0. The lowest BCUT2D eigenvalue weighted by molar-refractivity contribution is -0.179. The van der Waals surface area contributed by atoms with Gasteiger partial charge >= 0.3 is 30.3 Å². The van der Waals surface area contributed by atoms with E-state index < -0.39 is 134 Å². The van der Waals surface area contributed by atoms with Gasteiger partial charge in [-0.3, -0.25) is 77.1 Å². The summed E-state index contributed by atoms with van der Waals surface area (Å²) in [7, 11) is 3.50. The maximum absolute atomic E-state index is 14.0. The van der Waals surface area contributed by atoms with E-state index in [-0.39, 0.29) is 129 Å². The molecule has 12 heterocycles. The molecule has 0 aromatic carbocycles. The Morgan fingerprint density at radius 2 is 0.740 bits per heavy atom. The summed E-state index contributed by atoms with van der Waals surface area (Å²) < 4.78 is 38.8. The van der Waals surface area contributed by atoms with Gasteiger partial charge in [0.05, 0.1) is 75.0 Å². The van der Waals surface area contributed by atoms with Crippen molar-refractivity contribution in [3.63, 3.8) is 0 Å². The van der Waals surface area contributed by atoms with Crippen molar-refractivity contribution in [2.75, 3.05) is 86.1 Å². The van der Waals surface area contributed by atoms with E-state index in [0.29, 0.717) is 64.7 Å². The van der Waals surface area contributed by atoms with E-state index in [9.17, 15) is 76.7 Å². The van der Waals surface area contributed by atoms with Crippen LogP contribution >= 0.6 is 12.4 Å². The summed E-state index contributed by atoms with van der Waals surface area (Å²) in [6.45, 7) is 45.2. The number of likely N-dealkylation sites (tertiary alicyclic amines) is 9. The largest absolute Gasteiger partial charge is 0.465 e. The number of halogens is 1. The van der Waals surface area contributed by atoms with Crippen molar-refractivity contribution in [2.45, 2.75) is 346 Å². The lowest BCUT2D eigenvalue weighted by atomic mass is 9.77. The van der Waals surface area contributed by atoms with Gasteiger partial charge in [-0.2, -0.15) is 0 Å². The Morgan fingerprint density at radius 1 is 0.449 bits per heavy atom. The number of rotatable bonds is 14. The fourth-order valence-corrected chi connectivity index (χ4v) is 19.8. The van der Waals surface area contributed by atoms with Crippen LogP contribution in [-0.4, -0.2) is 368 Å². The average molecular weight is 1820 g/mol. The predicted octanol–water partition coefficient (Wildman–Crippen LogP) is 2.88. The highest BCUT2D eigenvalue weighted by molar-refractivity contribution is 6.05. The van der Waals surface area contributed by atoms with Crippen molar-refractivity contribution in [1.82, 2.24) is 64.1 Å². The summed E-state index contributed by atoms with van der Waals surface area (Å²) in [5, 5.41) is 9.73. The minimum absolute atomic E-state index is 0. The Kier molecular flexibility index (Phi) is 33.0. The summed E-state index contributed by atoms with van der Waals surface area (Å²) in [6.07, 6.45) is 4.92. The molecule has 0 saturated carbocycles. The summed E-state index contributed by atoms with van der Waals surface area (Å²) in [5.41, 5.74) is 6.51. The Balaban J connectivity index is 0.000000250. The second-order valence-electron chi connectivity index (χ2n) is 39.3. The van der Waals surface area contributed by atoms with Crippen molar-refractivity contribution in [2.24, 2.45) is 28.1 Å². The van der Waals surface area contributed by atoms with Crippen LogP contribution in [0.1, 0.15) is 230 Å². The number of hydrogen-bond donors (Lipinski definition) is 6. The zero-order chi connectivity index (χ0) is 95.8. The van der Waals surface area contributed by atoms with E-state index in [4.69, 9.17) is 55.6 Å². The molecule has 12 saturated heterocycles. The molecule has 15 amide bonds. The SMILES string of the molecule is CC1N(CC(=O)N=CN(C)C)C(=O)C12CCCN2C(=O)C1[C@@H](C)OC(C)(C)N1C(=O)OC(C)(C)C.CC1N(CC(N)=O)C(=O)C12CCCN2.CC1N(CC(N)=O)C(=O)C12CCCN2C(=O)C1[C@@H](C)OC(C)(C)N1C(=O)OC(C)(C)C.CC1N(CC(N)=O)C(=O)C12CCCN2C(=O)OC(C)(C)C.CCOC(=O)CN1C(=O)C2(CCCN2C(=O)OC(C)(C)C)C1C.Cl.NO. The van der Waals surface area contributed by atoms with Crippen LogP contribution < -0.4 is 28.4 Å². The van der Waals surface area contributed by atoms with Crippen molar-refractivity contribution >= 4 is 114 Å². The number of aliphatic imine (C=N–C) groups is 1. The molecule has 0 aliphatic carbocycles. The third-order valence-corrected chi connectivity index (χ3v) is 25.2. The zero-order valence-electron chi connectivity index (χ0n) is 79.0. The van der Waals surface area contributed by atoms with Gasteiger partial charge in [-0.05, 0) is 237 Å². The number of nitrogens with two attached hydrogens (primary N) is 4. The van der Waals surface area contributed by atoms with E-state index in [1.807, 2.05) is 34.6 Å². The molecule has 0 aromatic rings. The highest BCUT2D eigenvalue weighted by atomic mass is 35.5. The van der Waals surface area contributed by atoms with Crippen LogP contribution in [0.5, 0.6) is 0 Å². The van der Waals surface area contributed by atoms with Gasteiger partial charge in [0.1, 0.15) is 86.7 Å². The van der Waals surface area contributed by atoms with Crippen molar-refractivity contribution in [3.05, 3.63) is 0 Å². The number of carbonyl (C=O) groups is 16. The van der Waals surface area contributed by atoms with Gasteiger partial charge in [-0.25, -0.2) is 30.1 Å². The Morgan fingerprint density at radius 3 is 1.02 bits per heavy atom. The predicted molar refractivity (Wildman–Crippen MR) is 461 cm³/mol. The van der Waals surface area contributed by atoms with Gasteiger partial charge in [0, 0.05) is 40.3 Å². The second kappa shape index (κ2) is 39.4. The quantitative estimate of drug-likeness (QED) is 0.0363. The number of nitrogens with one attached hydrogen (secondary N) is 1. The fraction of sp³-hybridized carbons (Fsp3) is 0.798. The third-order valence-electron chi connectivity index (χ3n) is 25.2. The van der Waals surface area contributed by atoms with Crippen LogP contribution in [-0.2, 0) is 90.7 Å². The van der Waals surface area contributed by atoms with E-state index in [2.05, 4.69) is 16.2 Å². The monoisotopic (exact) mass is 1820 g/mol. The maximum Gasteiger partial charge on any atom is 0.413 e. The molecule has 14 atom stereocenters. The Hall–Kier alpha value is -9.52. The molecule has 5 spiro atoms. The van der Waals surface area contributed by atoms with E-state index in [0.717, 1.165) is 32.2 Å². The van der Waals surface area contributed by atoms with Crippen LogP contribution in [0.3, 0.4) is 0 Å². The Bertz CT molecular complexity index is 4190. The molecular formula is C84H141ClN18O24. The van der Waals surface area contributed by atoms with E-state index in [1.165, 1.54) is 45.5 Å². The van der Waals surface area contributed by atoms with Gasteiger partial charge in [0.15, 0.2) is 0 Å². The molecule has 0 radical (unpaired) electrons. The number of primary amides is 3. The topological polar surface area (TPSA) is 525 Å².